The van der Waals surface area contributed by atoms with Crippen LogP contribution in [-0.4, -0.2) is 79.8 Å². The van der Waals surface area contributed by atoms with E-state index in [0.29, 0.717) is 6.04 Å². The first-order valence-corrected chi connectivity index (χ1v) is 10.7. The number of likely N-dealkylation sites (tertiary alicyclic amines) is 1. The molecule has 2 aromatic rings. The predicted molar refractivity (Wildman–Crippen MR) is 115 cm³/mol. The Balaban J connectivity index is 1.32. The van der Waals surface area contributed by atoms with Gasteiger partial charge in [-0.15, -0.1) is 0 Å². The summed E-state index contributed by atoms with van der Waals surface area (Å²) in [4.78, 5) is 13.0. The lowest BCUT2D eigenvalue weighted by molar-refractivity contribution is 0.0195. The van der Waals surface area contributed by atoms with E-state index in [1.54, 1.807) is 0 Å². The number of aryl methyl sites for hydroxylation is 1. The lowest BCUT2D eigenvalue weighted by Crippen LogP contribution is -2.46. The number of nitrogens with zero attached hydrogens (tertiary/aromatic N) is 3. The summed E-state index contributed by atoms with van der Waals surface area (Å²) < 4.78 is 5.49. The van der Waals surface area contributed by atoms with Crippen molar-refractivity contribution in [3.63, 3.8) is 0 Å². The van der Waals surface area contributed by atoms with Crippen LogP contribution in [0.3, 0.4) is 0 Å². The molecule has 28 heavy (non-hydrogen) atoms. The van der Waals surface area contributed by atoms with Crippen LogP contribution < -0.4 is 5.32 Å². The van der Waals surface area contributed by atoms with Gasteiger partial charge < -0.3 is 19.9 Å². The molecule has 0 bridgehead atoms. The summed E-state index contributed by atoms with van der Waals surface area (Å²) in [5, 5.41) is 4.94. The number of hydrogen-bond acceptors (Lipinski definition) is 3. The van der Waals surface area contributed by atoms with Gasteiger partial charge in [0, 0.05) is 62.9 Å². The maximum Gasteiger partial charge on any atom is 0.193 e. The number of ether oxygens (including phenoxy) is 1. The highest BCUT2D eigenvalue weighted by molar-refractivity contribution is 5.86. The van der Waals surface area contributed by atoms with Crippen LogP contribution in [0.15, 0.2) is 29.4 Å². The van der Waals surface area contributed by atoms with E-state index >= 15 is 0 Å². The summed E-state index contributed by atoms with van der Waals surface area (Å²) in [6.45, 7) is 9.11. The molecule has 2 fully saturated rings. The Morgan fingerprint density at radius 1 is 1.25 bits per heavy atom. The smallest absolute Gasteiger partial charge is 0.193 e. The van der Waals surface area contributed by atoms with Crippen LogP contribution in [0.4, 0.5) is 0 Å². The molecule has 2 saturated heterocycles. The molecule has 2 aliphatic heterocycles. The maximum atomic E-state index is 5.49. The highest BCUT2D eigenvalue weighted by Gasteiger charge is 2.30. The summed E-state index contributed by atoms with van der Waals surface area (Å²) in [6, 6.07) is 7.23. The third-order valence-electron chi connectivity index (χ3n) is 6.18. The number of para-hydroxylation sites is 1. The van der Waals surface area contributed by atoms with Gasteiger partial charge in [-0.1, -0.05) is 25.1 Å². The maximum absolute atomic E-state index is 5.49. The summed E-state index contributed by atoms with van der Waals surface area (Å²) in [5.41, 5.74) is 4.05. The van der Waals surface area contributed by atoms with E-state index in [1.165, 1.54) is 28.5 Å². The van der Waals surface area contributed by atoms with E-state index < -0.39 is 0 Å². The van der Waals surface area contributed by atoms with Gasteiger partial charge in [-0.25, -0.2) is 0 Å². The number of aromatic amines is 1. The third kappa shape index (κ3) is 4.03. The zero-order chi connectivity index (χ0) is 19.3. The number of H-pyrrole nitrogens is 1. The number of fused-ring (bicyclic) bond motifs is 1. The molecule has 1 unspecified atom stereocenters. The van der Waals surface area contributed by atoms with Crippen LogP contribution in [0.25, 0.3) is 10.9 Å². The SMILES string of the molecule is CCc1cccc2c(CCNC(=NC)N3CCC(N4CCOCC4)C3)c[nH]c12. The van der Waals surface area contributed by atoms with Crippen molar-refractivity contribution in [2.24, 2.45) is 4.99 Å². The lowest BCUT2D eigenvalue weighted by Gasteiger charge is -2.32. The Bertz CT molecular complexity index is 808. The molecule has 0 saturated carbocycles. The molecule has 1 aromatic heterocycles. The van der Waals surface area contributed by atoms with Crippen LogP contribution in [0, 0.1) is 0 Å². The Kier molecular flexibility index (Phi) is 6.17. The molecule has 152 valence electrons. The summed E-state index contributed by atoms with van der Waals surface area (Å²) in [5.74, 6) is 1.03. The van der Waals surface area contributed by atoms with E-state index in [9.17, 15) is 0 Å². The van der Waals surface area contributed by atoms with Crippen molar-refractivity contribution in [1.82, 2.24) is 20.1 Å². The van der Waals surface area contributed by atoms with Crippen molar-refractivity contribution >= 4 is 16.9 Å². The van der Waals surface area contributed by atoms with Gasteiger partial charge in [-0.3, -0.25) is 9.89 Å². The Labute approximate surface area is 167 Å². The molecule has 4 rings (SSSR count). The fourth-order valence-corrected chi connectivity index (χ4v) is 4.59. The van der Waals surface area contributed by atoms with Crippen molar-refractivity contribution in [3.05, 3.63) is 35.5 Å². The van der Waals surface area contributed by atoms with E-state index in [1.807, 2.05) is 7.05 Å². The predicted octanol–water partition coefficient (Wildman–Crippen LogP) is 2.25. The molecule has 0 spiro atoms. The van der Waals surface area contributed by atoms with Crippen LogP contribution in [0.2, 0.25) is 0 Å². The fraction of sp³-hybridized carbons (Fsp3) is 0.591. The standard InChI is InChI=1S/C22H33N5O/c1-3-17-5-4-6-20-18(15-25-21(17)20)7-9-24-22(23-2)27-10-8-19(16-27)26-11-13-28-14-12-26/h4-6,15,19,25H,3,7-14,16H2,1-2H3,(H,23,24). The Morgan fingerprint density at radius 3 is 2.89 bits per heavy atom. The number of aliphatic imine (C=N–C) groups is 1. The summed E-state index contributed by atoms with van der Waals surface area (Å²) in [7, 11) is 1.89. The molecule has 2 N–H and O–H groups in total. The highest BCUT2D eigenvalue weighted by atomic mass is 16.5. The number of benzene rings is 1. The number of aromatic nitrogens is 1. The van der Waals surface area contributed by atoms with Gasteiger partial charge >= 0.3 is 0 Å². The first kappa shape index (κ1) is 19.3. The van der Waals surface area contributed by atoms with Gasteiger partial charge in [0.1, 0.15) is 0 Å². The molecule has 0 aliphatic carbocycles. The van der Waals surface area contributed by atoms with Gasteiger partial charge in [0.15, 0.2) is 5.96 Å². The molecule has 6 heteroatoms. The van der Waals surface area contributed by atoms with Gasteiger partial charge in [-0.2, -0.15) is 0 Å². The minimum Gasteiger partial charge on any atom is -0.379 e. The quantitative estimate of drug-likeness (QED) is 0.614. The molecular weight excluding hydrogens is 350 g/mol. The number of rotatable bonds is 5. The molecule has 1 atom stereocenters. The van der Waals surface area contributed by atoms with Crippen molar-refractivity contribution in [2.75, 3.05) is 53.0 Å². The largest absolute Gasteiger partial charge is 0.379 e. The average Bonchev–Trinajstić information content (AvgIpc) is 3.39. The Hall–Kier alpha value is -2.05. The number of guanidine groups is 1. The zero-order valence-corrected chi connectivity index (χ0v) is 17.2. The Morgan fingerprint density at radius 2 is 2.11 bits per heavy atom. The van der Waals surface area contributed by atoms with Gasteiger partial charge in [0.25, 0.3) is 0 Å². The lowest BCUT2D eigenvalue weighted by atomic mass is 10.1. The van der Waals surface area contributed by atoms with Crippen molar-refractivity contribution in [2.45, 2.75) is 32.2 Å². The topological polar surface area (TPSA) is 55.9 Å². The molecule has 6 nitrogen and oxygen atoms in total. The van der Waals surface area contributed by atoms with Crippen molar-refractivity contribution in [1.29, 1.82) is 0 Å². The second-order valence-corrected chi connectivity index (χ2v) is 7.77. The normalized spacial score (nSPS) is 21.6. The highest BCUT2D eigenvalue weighted by Crippen LogP contribution is 2.22. The molecule has 3 heterocycles. The average molecular weight is 384 g/mol. The number of hydrogen-bond donors (Lipinski definition) is 2. The number of morpholine rings is 1. The van der Waals surface area contributed by atoms with Crippen LogP contribution >= 0.6 is 0 Å². The van der Waals surface area contributed by atoms with Crippen molar-refractivity contribution in [3.8, 4) is 0 Å². The first-order chi connectivity index (χ1) is 13.8. The van der Waals surface area contributed by atoms with E-state index in [4.69, 9.17) is 4.74 Å². The monoisotopic (exact) mass is 383 g/mol. The minimum atomic E-state index is 0.628. The van der Waals surface area contributed by atoms with Crippen LogP contribution in [-0.2, 0) is 17.6 Å². The van der Waals surface area contributed by atoms with E-state index in [0.717, 1.165) is 64.7 Å². The number of nitrogens with one attached hydrogen (secondary N) is 2. The molecule has 1 aromatic carbocycles. The van der Waals surface area contributed by atoms with Crippen LogP contribution in [0.1, 0.15) is 24.5 Å². The third-order valence-corrected chi connectivity index (χ3v) is 6.18. The minimum absolute atomic E-state index is 0.628. The van der Waals surface area contributed by atoms with E-state index in [2.05, 4.69) is 56.4 Å². The molecular formula is C22H33N5O. The second-order valence-electron chi connectivity index (χ2n) is 7.77. The fourth-order valence-electron chi connectivity index (χ4n) is 4.59. The van der Waals surface area contributed by atoms with Crippen molar-refractivity contribution < 1.29 is 4.74 Å². The molecule has 0 amide bonds. The van der Waals surface area contributed by atoms with Gasteiger partial charge in [0.05, 0.1) is 13.2 Å². The first-order valence-electron chi connectivity index (χ1n) is 10.7. The van der Waals surface area contributed by atoms with Gasteiger partial charge in [0.2, 0.25) is 0 Å². The zero-order valence-electron chi connectivity index (χ0n) is 17.2. The van der Waals surface area contributed by atoms with Crippen LogP contribution in [0.5, 0.6) is 0 Å². The van der Waals surface area contributed by atoms with Gasteiger partial charge in [-0.05, 0) is 30.4 Å². The second kappa shape index (κ2) is 8.97. The summed E-state index contributed by atoms with van der Waals surface area (Å²) >= 11 is 0. The summed E-state index contributed by atoms with van der Waals surface area (Å²) in [6.07, 6.45) is 5.43. The molecule has 0 radical (unpaired) electrons. The molecule has 2 aliphatic rings. The van der Waals surface area contributed by atoms with E-state index in [-0.39, 0.29) is 0 Å².